The molecule has 0 bridgehead atoms. The Morgan fingerprint density at radius 2 is 2.28 bits per heavy atom. The van der Waals surface area contributed by atoms with Gasteiger partial charge in [-0.05, 0) is 13.8 Å². The monoisotopic (exact) mass is 266 g/mol. The van der Waals surface area contributed by atoms with Gasteiger partial charge in [-0.1, -0.05) is 11.3 Å². The first-order valence-corrected chi connectivity index (χ1v) is 6.28. The molecule has 0 aromatic carbocycles. The van der Waals surface area contributed by atoms with Gasteiger partial charge >= 0.3 is 5.97 Å². The second kappa shape index (κ2) is 6.77. The largest absolute Gasteiger partial charge is 0.462 e. The summed E-state index contributed by atoms with van der Waals surface area (Å²) in [5, 5.41) is 2.99. The molecule has 0 aliphatic rings. The van der Waals surface area contributed by atoms with Crippen LogP contribution in [0.2, 0.25) is 0 Å². The number of carbonyl (C=O) groups is 2. The number of ether oxygens (including phenoxy) is 1. The number of aryl methyl sites for hydroxylation is 1. The molecule has 0 fully saturated rings. The van der Waals surface area contributed by atoms with Crippen LogP contribution in [0.5, 0.6) is 0 Å². The van der Waals surface area contributed by atoms with Crippen molar-refractivity contribution in [3.63, 3.8) is 0 Å². The topological polar surface area (TPSA) is 68.3 Å². The Bertz CT molecular complexity index is 488. The van der Waals surface area contributed by atoms with Crippen molar-refractivity contribution in [2.24, 2.45) is 0 Å². The Balaban J connectivity index is 2.70. The maximum Gasteiger partial charge on any atom is 0.350 e. The lowest BCUT2D eigenvalue weighted by atomic mass is 10.3. The Morgan fingerprint density at radius 3 is 2.89 bits per heavy atom. The second-order valence-corrected chi connectivity index (χ2v) is 4.41. The summed E-state index contributed by atoms with van der Waals surface area (Å²) in [6.07, 6.45) is 5.68. The molecular weight excluding hydrogens is 252 g/mol. The summed E-state index contributed by atoms with van der Waals surface area (Å²) in [6.45, 7) is 3.73. The van der Waals surface area contributed by atoms with E-state index in [9.17, 15) is 9.59 Å². The van der Waals surface area contributed by atoms with Gasteiger partial charge in [-0.15, -0.1) is 12.3 Å². The number of rotatable bonds is 5. The van der Waals surface area contributed by atoms with Gasteiger partial charge in [0.15, 0.2) is 5.13 Å². The summed E-state index contributed by atoms with van der Waals surface area (Å²) in [4.78, 5) is 27.5. The number of hydrogen-bond acceptors (Lipinski definition) is 5. The minimum absolute atomic E-state index is 0.211. The van der Waals surface area contributed by atoms with Crippen LogP contribution >= 0.6 is 11.3 Å². The van der Waals surface area contributed by atoms with E-state index in [0.717, 1.165) is 11.3 Å². The molecule has 96 valence electrons. The van der Waals surface area contributed by atoms with E-state index in [1.54, 1.807) is 13.8 Å². The summed E-state index contributed by atoms with van der Waals surface area (Å²) in [5.41, 5.74) is 0.547. The summed E-state index contributed by atoms with van der Waals surface area (Å²) < 4.78 is 4.88. The van der Waals surface area contributed by atoms with Crippen molar-refractivity contribution in [3.05, 3.63) is 10.6 Å². The normalized spacial score (nSPS) is 9.61. The molecule has 0 saturated heterocycles. The maximum atomic E-state index is 11.5. The smallest absolute Gasteiger partial charge is 0.350 e. The Kier molecular flexibility index (Phi) is 5.33. The lowest BCUT2D eigenvalue weighted by molar-refractivity contribution is -0.116. The van der Waals surface area contributed by atoms with E-state index >= 15 is 0 Å². The standard InChI is InChI=1S/C12H14N2O3S/c1-4-6-7-9(15)14-12-13-8(3)10(18-12)11(16)17-5-2/h1H,5-7H2,2-3H3,(H,13,14,15). The summed E-state index contributed by atoms with van der Waals surface area (Å²) in [6, 6.07) is 0. The second-order valence-electron chi connectivity index (χ2n) is 3.41. The van der Waals surface area contributed by atoms with Gasteiger partial charge in [0.1, 0.15) is 4.88 Å². The minimum Gasteiger partial charge on any atom is -0.462 e. The molecule has 0 aliphatic carbocycles. The number of thiazole rings is 1. The molecule has 0 unspecified atom stereocenters. The molecule has 18 heavy (non-hydrogen) atoms. The first-order valence-electron chi connectivity index (χ1n) is 5.46. The van der Waals surface area contributed by atoms with Crippen LogP contribution < -0.4 is 5.32 Å². The van der Waals surface area contributed by atoms with Crippen LogP contribution in [0.1, 0.15) is 35.1 Å². The number of nitrogens with zero attached hydrogens (tertiary/aromatic N) is 1. The fourth-order valence-corrected chi connectivity index (χ4v) is 2.08. The SMILES string of the molecule is C#CCCC(=O)Nc1nc(C)c(C(=O)OCC)s1. The number of esters is 1. The quantitative estimate of drug-likeness (QED) is 0.653. The van der Waals surface area contributed by atoms with Crippen molar-refractivity contribution < 1.29 is 14.3 Å². The van der Waals surface area contributed by atoms with E-state index in [1.807, 2.05) is 0 Å². The molecule has 1 aromatic rings. The molecule has 0 aliphatic heterocycles. The molecule has 0 atom stereocenters. The molecule has 1 rings (SSSR count). The summed E-state index contributed by atoms with van der Waals surface area (Å²) >= 11 is 1.10. The minimum atomic E-state index is -0.420. The van der Waals surface area contributed by atoms with Crippen LogP contribution in [-0.2, 0) is 9.53 Å². The highest BCUT2D eigenvalue weighted by molar-refractivity contribution is 7.17. The Hall–Kier alpha value is -1.87. The maximum absolute atomic E-state index is 11.5. The number of carbonyl (C=O) groups excluding carboxylic acids is 2. The van der Waals surface area contributed by atoms with Gasteiger partial charge in [0.2, 0.25) is 5.91 Å². The lowest BCUT2D eigenvalue weighted by Gasteiger charge is -1.98. The highest BCUT2D eigenvalue weighted by atomic mass is 32.1. The highest BCUT2D eigenvalue weighted by Crippen LogP contribution is 2.23. The van der Waals surface area contributed by atoms with Gasteiger partial charge < -0.3 is 10.1 Å². The molecule has 1 N–H and O–H groups in total. The predicted octanol–water partition coefficient (Wildman–Crippen LogP) is 1.98. The average molecular weight is 266 g/mol. The third-order valence-electron chi connectivity index (χ3n) is 2.00. The van der Waals surface area contributed by atoms with Gasteiger partial charge in [0, 0.05) is 12.8 Å². The van der Waals surface area contributed by atoms with E-state index in [1.165, 1.54) is 0 Å². The van der Waals surface area contributed by atoms with Crippen molar-refractivity contribution >= 4 is 28.3 Å². The van der Waals surface area contributed by atoms with Gasteiger partial charge in [-0.3, -0.25) is 4.79 Å². The molecule has 1 aromatic heterocycles. The molecule has 0 saturated carbocycles. The zero-order chi connectivity index (χ0) is 13.5. The van der Waals surface area contributed by atoms with Crippen molar-refractivity contribution in [3.8, 4) is 12.3 Å². The van der Waals surface area contributed by atoms with Gasteiger partial charge in [-0.25, -0.2) is 9.78 Å². The molecule has 1 heterocycles. The number of nitrogens with one attached hydrogen (secondary N) is 1. The number of aromatic nitrogens is 1. The molecular formula is C12H14N2O3S. The molecule has 0 spiro atoms. The number of hydrogen-bond donors (Lipinski definition) is 1. The van der Waals surface area contributed by atoms with Crippen molar-refractivity contribution in [1.82, 2.24) is 4.98 Å². The highest BCUT2D eigenvalue weighted by Gasteiger charge is 2.17. The van der Waals surface area contributed by atoms with Crippen LogP contribution in [0.4, 0.5) is 5.13 Å². The van der Waals surface area contributed by atoms with E-state index in [2.05, 4.69) is 16.2 Å². The Labute approximate surface area is 110 Å². The fraction of sp³-hybridized carbons (Fsp3) is 0.417. The molecule has 5 nitrogen and oxygen atoms in total. The van der Waals surface area contributed by atoms with Crippen LogP contribution in [-0.4, -0.2) is 23.5 Å². The van der Waals surface area contributed by atoms with E-state index in [0.29, 0.717) is 28.7 Å². The van der Waals surface area contributed by atoms with Gasteiger partial charge in [-0.2, -0.15) is 0 Å². The van der Waals surface area contributed by atoms with E-state index in [-0.39, 0.29) is 12.3 Å². The van der Waals surface area contributed by atoms with Crippen molar-refractivity contribution in [1.29, 1.82) is 0 Å². The van der Waals surface area contributed by atoms with Crippen LogP contribution in [0.3, 0.4) is 0 Å². The van der Waals surface area contributed by atoms with E-state index < -0.39 is 5.97 Å². The van der Waals surface area contributed by atoms with Gasteiger partial charge in [0.25, 0.3) is 0 Å². The molecule has 6 heteroatoms. The van der Waals surface area contributed by atoms with Gasteiger partial charge in [0.05, 0.1) is 12.3 Å². The third-order valence-corrected chi connectivity index (χ3v) is 3.05. The third kappa shape index (κ3) is 3.86. The van der Waals surface area contributed by atoms with Crippen molar-refractivity contribution in [2.45, 2.75) is 26.7 Å². The summed E-state index contributed by atoms with van der Waals surface area (Å²) in [7, 11) is 0. The summed E-state index contributed by atoms with van der Waals surface area (Å²) in [5.74, 6) is 1.75. The first-order chi connectivity index (χ1) is 8.58. The fourth-order valence-electron chi connectivity index (χ4n) is 1.20. The zero-order valence-corrected chi connectivity index (χ0v) is 11.1. The molecule has 1 amide bonds. The number of amides is 1. The average Bonchev–Trinajstić information content (AvgIpc) is 2.68. The first kappa shape index (κ1) is 14.2. The van der Waals surface area contributed by atoms with Crippen LogP contribution in [0.15, 0.2) is 0 Å². The van der Waals surface area contributed by atoms with Crippen LogP contribution in [0, 0.1) is 19.3 Å². The molecule has 0 radical (unpaired) electrons. The van der Waals surface area contributed by atoms with E-state index in [4.69, 9.17) is 11.2 Å². The van der Waals surface area contributed by atoms with Crippen molar-refractivity contribution in [2.75, 3.05) is 11.9 Å². The Morgan fingerprint density at radius 1 is 1.56 bits per heavy atom. The number of terminal acetylenes is 1. The zero-order valence-electron chi connectivity index (χ0n) is 10.3. The van der Waals surface area contributed by atoms with Crippen LogP contribution in [0.25, 0.3) is 0 Å². The number of anilines is 1. The lowest BCUT2D eigenvalue weighted by Crippen LogP contribution is -2.10. The predicted molar refractivity (Wildman–Crippen MR) is 69.5 cm³/mol.